The molecule has 0 aliphatic carbocycles. The van der Waals surface area contributed by atoms with Crippen molar-refractivity contribution in [1.29, 1.82) is 0 Å². The summed E-state index contributed by atoms with van der Waals surface area (Å²) < 4.78 is 11.1. The topological polar surface area (TPSA) is 113 Å². The molecule has 1 aromatic heterocycles. The van der Waals surface area contributed by atoms with Crippen LogP contribution in [0.2, 0.25) is 0 Å². The van der Waals surface area contributed by atoms with Gasteiger partial charge in [-0.15, -0.1) is 0 Å². The van der Waals surface area contributed by atoms with Crippen molar-refractivity contribution in [1.82, 2.24) is 9.97 Å². The molecular weight excluding hydrogens is 374 g/mol. The number of carbonyl (C=O) groups excluding carboxylic acids is 1. The third-order valence-electron chi connectivity index (χ3n) is 4.29. The first-order valence-corrected chi connectivity index (χ1v) is 8.99. The lowest BCUT2D eigenvalue weighted by molar-refractivity contribution is -0.116. The van der Waals surface area contributed by atoms with E-state index in [2.05, 4.69) is 15.3 Å². The minimum Gasteiger partial charge on any atom is -0.493 e. The van der Waals surface area contributed by atoms with Gasteiger partial charge in [0.25, 0.3) is 5.56 Å². The van der Waals surface area contributed by atoms with E-state index in [-0.39, 0.29) is 18.7 Å². The highest BCUT2D eigenvalue weighted by molar-refractivity contribution is 5.90. The van der Waals surface area contributed by atoms with Gasteiger partial charge < -0.3 is 19.8 Å². The smallest absolute Gasteiger partial charge is 0.325 e. The summed E-state index contributed by atoms with van der Waals surface area (Å²) in [6, 6.07) is 14.2. The van der Waals surface area contributed by atoms with Gasteiger partial charge in [0, 0.05) is 23.4 Å². The van der Waals surface area contributed by atoms with E-state index in [1.165, 1.54) is 0 Å². The SMILES string of the molecule is COc1ccccc1Oc1ccc(NC(=O)CCc2c(C)[nH]c(=O)[nH]c2=O)cc1. The van der Waals surface area contributed by atoms with E-state index in [0.29, 0.717) is 34.2 Å². The van der Waals surface area contributed by atoms with Crippen LogP contribution in [-0.2, 0) is 11.2 Å². The lowest BCUT2D eigenvalue weighted by Gasteiger charge is -2.11. The fourth-order valence-electron chi connectivity index (χ4n) is 2.83. The second kappa shape index (κ2) is 8.92. The van der Waals surface area contributed by atoms with E-state index < -0.39 is 11.2 Å². The average Bonchev–Trinajstić information content (AvgIpc) is 2.69. The molecule has 8 heteroatoms. The minimum atomic E-state index is -0.559. The van der Waals surface area contributed by atoms with Crippen molar-refractivity contribution in [3.63, 3.8) is 0 Å². The van der Waals surface area contributed by atoms with Crippen molar-refractivity contribution in [3.05, 3.63) is 80.6 Å². The molecule has 150 valence electrons. The first kappa shape index (κ1) is 19.9. The highest BCUT2D eigenvalue weighted by atomic mass is 16.5. The Kier molecular flexibility index (Phi) is 6.13. The fraction of sp³-hybridized carbons (Fsp3) is 0.190. The van der Waals surface area contributed by atoms with Crippen molar-refractivity contribution in [2.24, 2.45) is 0 Å². The first-order valence-electron chi connectivity index (χ1n) is 8.99. The third kappa shape index (κ3) is 5.13. The van der Waals surface area contributed by atoms with E-state index in [1.807, 2.05) is 12.1 Å². The van der Waals surface area contributed by atoms with Crippen LogP contribution in [0.25, 0.3) is 0 Å². The summed E-state index contributed by atoms with van der Waals surface area (Å²) in [5.74, 6) is 1.57. The third-order valence-corrected chi connectivity index (χ3v) is 4.29. The Morgan fingerprint density at radius 3 is 2.34 bits per heavy atom. The molecule has 0 unspecified atom stereocenters. The predicted octanol–water partition coefficient (Wildman–Crippen LogP) is 2.74. The van der Waals surface area contributed by atoms with Gasteiger partial charge in [-0.1, -0.05) is 12.1 Å². The molecule has 3 aromatic rings. The molecule has 29 heavy (non-hydrogen) atoms. The number of aromatic amines is 2. The molecule has 8 nitrogen and oxygen atoms in total. The number of anilines is 1. The average molecular weight is 395 g/mol. The maximum Gasteiger partial charge on any atom is 0.325 e. The van der Waals surface area contributed by atoms with Crippen LogP contribution in [0.3, 0.4) is 0 Å². The van der Waals surface area contributed by atoms with Crippen LogP contribution < -0.4 is 26.0 Å². The molecule has 0 aliphatic rings. The van der Waals surface area contributed by atoms with E-state index in [4.69, 9.17) is 9.47 Å². The van der Waals surface area contributed by atoms with Crippen LogP contribution in [0.4, 0.5) is 5.69 Å². The van der Waals surface area contributed by atoms with Crippen LogP contribution in [0.1, 0.15) is 17.7 Å². The Hall–Kier alpha value is -3.81. The molecular formula is C21H21N3O5. The number of aromatic nitrogens is 2. The minimum absolute atomic E-state index is 0.107. The Morgan fingerprint density at radius 2 is 1.69 bits per heavy atom. The molecule has 0 atom stereocenters. The monoisotopic (exact) mass is 395 g/mol. The van der Waals surface area contributed by atoms with Crippen molar-refractivity contribution in [2.75, 3.05) is 12.4 Å². The van der Waals surface area contributed by atoms with Crippen LogP contribution >= 0.6 is 0 Å². The van der Waals surface area contributed by atoms with Gasteiger partial charge in [-0.3, -0.25) is 14.6 Å². The van der Waals surface area contributed by atoms with Crippen LogP contribution in [0.15, 0.2) is 58.1 Å². The number of carbonyl (C=O) groups is 1. The number of nitrogens with one attached hydrogen (secondary N) is 3. The van der Waals surface area contributed by atoms with Crippen molar-refractivity contribution >= 4 is 11.6 Å². The van der Waals surface area contributed by atoms with E-state index in [1.54, 1.807) is 50.4 Å². The summed E-state index contributed by atoms with van der Waals surface area (Å²) in [4.78, 5) is 39.9. The molecule has 0 radical (unpaired) electrons. The summed E-state index contributed by atoms with van der Waals surface area (Å²) in [6.07, 6.45) is 0.328. The number of ether oxygens (including phenoxy) is 2. The Balaban J connectivity index is 1.59. The fourth-order valence-corrected chi connectivity index (χ4v) is 2.83. The van der Waals surface area contributed by atoms with Crippen molar-refractivity contribution in [3.8, 4) is 17.2 Å². The van der Waals surface area contributed by atoms with Crippen molar-refractivity contribution in [2.45, 2.75) is 19.8 Å². The van der Waals surface area contributed by atoms with Gasteiger partial charge in [0.1, 0.15) is 5.75 Å². The maximum absolute atomic E-state index is 12.2. The highest BCUT2D eigenvalue weighted by Gasteiger charge is 2.10. The molecule has 2 aromatic carbocycles. The number of H-pyrrole nitrogens is 2. The number of rotatable bonds is 7. The zero-order valence-electron chi connectivity index (χ0n) is 16.1. The van der Waals surface area contributed by atoms with Gasteiger partial charge in [-0.25, -0.2) is 4.79 Å². The van der Waals surface area contributed by atoms with E-state index >= 15 is 0 Å². The highest BCUT2D eigenvalue weighted by Crippen LogP contribution is 2.31. The van der Waals surface area contributed by atoms with Gasteiger partial charge in [0.2, 0.25) is 5.91 Å². The first-order chi connectivity index (χ1) is 14.0. The molecule has 0 aliphatic heterocycles. The number of hydrogen-bond donors (Lipinski definition) is 3. The molecule has 0 bridgehead atoms. The molecule has 1 heterocycles. The second-order valence-electron chi connectivity index (χ2n) is 6.34. The van der Waals surface area contributed by atoms with Crippen LogP contribution in [0, 0.1) is 6.92 Å². The predicted molar refractivity (Wildman–Crippen MR) is 109 cm³/mol. The maximum atomic E-state index is 12.2. The summed E-state index contributed by atoms with van der Waals surface area (Å²) in [6.45, 7) is 1.63. The normalized spacial score (nSPS) is 10.4. The van der Waals surface area contributed by atoms with Gasteiger partial charge in [0.15, 0.2) is 11.5 Å². The van der Waals surface area contributed by atoms with Gasteiger partial charge in [0.05, 0.1) is 7.11 Å². The van der Waals surface area contributed by atoms with E-state index in [9.17, 15) is 14.4 Å². The standard InChI is InChI=1S/C21H21N3O5/c1-13-16(20(26)24-21(27)22-13)11-12-19(25)23-14-7-9-15(10-8-14)29-18-6-4-3-5-17(18)28-2/h3-10H,11-12H2,1-2H3,(H,23,25)(H2,22,24,26,27). The number of para-hydroxylation sites is 2. The Morgan fingerprint density at radius 1 is 1.00 bits per heavy atom. The molecule has 0 fully saturated rings. The quantitative estimate of drug-likeness (QED) is 0.569. The second-order valence-corrected chi connectivity index (χ2v) is 6.34. The molecule has 0 saturated heterocycles. The molecule has 0 spiro atoms. The number of amides is 1. The molecule has 3 N–H and O–H groups in total. The lowest BCUT2D eigenvalue weighted by atomic mass is 10.1. The van der Waals surface area contributed by atoms with Gasteiger partial charge in [-0.05, 0) is 49.7 Å². The Labute approximate surface area is 166 Å². The number of aryl methyl sites for hydroxylation is 1. The van der Waals surface area contributed by atoms with Crippen molar-refractivity contribution < 1.29 is 14.3 Å². The molecule has 3 rings (SSSR count). The molecule has 0 saturated carbocycles. The number of benzene rings is 2. The Bertz CT molecular complexity index is 1120. The zero-order valence-corrected chi connectivity index (χ0v) is 16.1. The van der Waals surface area contributed by atoms with E-state index in [0.717, 1.165) is 0 Å². The van der Waals surface area contributed by atoms with Gasteiger partial charge >= 0.3 is 5.69 Å². The zero-order chi connectivity index (χ0) is 20.8. The summed E-state index contributed by atoms with van der Waals surface area (Å²) in [5.41, 5.74) is 0.423. The van der Waals surface area contributed by atoms with Gasteiger partial charge in [-0.2, -0.15) is 0 Å². The largest absolute Gasteiger partial charge is 0.493 e. The summed E-state index contributed by atoms with van der Waals surface area (Å²) >= 11 is 0. The lowest BCUT2D eigenvalue weighted by Crippen LogP contribution is -2.27. The number of hydrogen-bond acceptors (Lipinski definition) is 5. The summed E-state index contributed by atoms with van der Waals surface area (Å²) in [5, 5.41) is 2.77. The summed E-state index contributed by atoms with van der Waals surface area (Å²) in [7, 11) is 1.57. The number of methoxy groups -OCH3 is 1. The van der Waals surface area contributed by atoms with Crippen LogP contribution in [-0.4, -0.2) is 23.0 Å². The molecule has 1 amide bonds. The van der Waals surface area contributed by atoms with Crippen LogP contribution in [0.5, 0.6) is 17.2 Å².